The maximum atomic E-state index is 4.21. The van der Waals surface area contributed by atoms with Gasteiger partial charge in [-0.15, -0.1) is 0 Å². The van der Waals surface area contributed by atoms with Crippen molar-refractivity contribution in [3.8, 4) is 0 Å². The van der Waals surface area contributed by atoms with Crippen LogP contribution in [0.3, 0.4) is 0 Å². The van der Waals surface area contributed by atoms with E-state index >= 15 is 0 Å². The molecule has 0 radical (unpaired) electrons. The van der Waals surface area contributed by atoms with Crippen molar-refractivity contribution in [2.24, 2.45) is 5.92 Å². The highest BCUT2D eigenvalue weighted by Gasteiger charge is 2.25. The first-order chi connectivity index (χ1) is 4.79. The van der Waals surface area contributed by atoms with Gasteiger partial charge < -0.3 is 0 Å². The molecule has 0 fully saturated rings. The van der Waals surface area contributed by atoms with Gasteiger partial charge in [-0.2, -0.15) is 5.10 Å². The van der Waals surface area contributed by atoms with E-state index in [-0.39, 0.29) is 0 Å². The molecule has 2 nitrogen and oxygen atoms in total. The normalized spacial score (nSPS) is 30.6. The van der Waals surface area contributed by atoms with Gasteiger partial charge in [0.25, 0.3) is 0 Å². The number of hydrogen-bond donors (Lipinski definition) is 0. The third kappa shape index (κ3) is 0.618. The quantitative estimate of drug-likeness (QED) is 0.530. The molecule has 0 spiro atoms. The molecule has 1 aromatic rings. The van der Waals surface area contributed by atoms with Crippen LogP contribution in [0.5, 0.6) is 0 Å². The zero-order valence-corrected chi connectivity index (χ0v) is 6.41. The lowest BCUT2D eigenvalue weighted by molar-refractivity contribution is 0.483. The molecule has 2 atom stereocenters. The fourth-order valence-corrected chi connectivity index (χ4v) is 1.60. The molecule has 0 unspecified atom stereocenters. The lowest BCUT2D eigenvalue weighted by Gasteiger charge is -2.05. The van der Waals surface area contributed by atoms with Crippen molar-refractivity contribution < 1.29 is 0 Å². The summed E-state index contributed by atoms with van der Waals surface area (Å²) < 4.78 is 2.11. The van der Waals surface area contributed by atoms with Gasteiger partial charge in [0.05, 0.1) is 0 Å². The standard InChI is InChI=1S/C8H12N2/c1-6-5-10-8(7(6)2)3-4-9-10/h3-4,6-7H,5H2,1-2H3/t6-,7-/m1/s1. The molecule has 0 aromatic carbocycles. The van der Waals surface area contributed by atoms with Crippen molar-refractivity contribution in [3.63, 3.8) is 0 Å². The summed E-state index contributed by atoms with van der Waals surface area (Å²) in [6, 6.07) is 2.12. The van der Waals surface area contributed by atoms with E-state index in [2.05, 4.69) is 29.7 Å². The molecule has 1 aromatic heterocycles. The minimum absolute atomic E-state index is 0.697. The van der Waals surface area contributed by atoms with Crippen molar-refractivity contribution in [1.29, 1.82) is 0 Å². The SMILES string of the molecule is C[C@@H]1Cn2nccc2[C@@H]1C. The van der Waals surface area contributed by atoms with E-state index in [1.807, 2.05) is 6.20 Å². The summed E-state index contributed by atoms with van der Waals surface area (Å²) in [6.45, 7) is 5.65. The zero-order valence-electron chi connectivity index (χ0n) is 6.41. The molecular weight excluding hydrogens is 124 g/mol. The third-order valence-electron chi connectivity index (χ3n) is 2.53. The fraction of sp³-hybridized carbons (Fsp3) is 0.625. The molecule has 10 heavy (non-hydrogen) atoms. The molecule has 2 heterocycles. The number of nitrogens with zero attached hydrogens (tertiary/aromatic N) is 2. The Bertz CT molecular complexity index is 239. The first-order valence-corrected chi connectivity index (χ1v) is 3.80. The van der Waals surface area contributed by atoms with Gasteiger partial charge in [-0.25, -0.2) is 0 Å². The summed E-state index contributed by atoms with van der Waals surface area (Å²) in [5.41, 5.74) is 1.40. The average molecular weight is 136 g/mol. The monoisotopic (exact) mass is 136 g/mol. The molecule has 0 saturated carbocycles. The van der Waals surface area contributed by atoms with Crippen LogP contribution in [0.4, 0.5) is 0 Å². The highest BCUT2D eigenvalue weighted by molar-refractivity contribution is 5.11. The van der Waals surface area contributed by atoms with Crippen molar-refractivity contribution in [2.75, 3.05) is 0 Å². The Morgan fingerprint density at radius 2 is 2.40 bits per heavy atom. The number of hydrogen-bond acceptors (Lipinski definition) is 1. The van der Waals surface area contributed by atoms with E-state index in [0.717, 1.165) is 12.5 Å². The van der Waals surface area contributed by atoms with Gasteiger partial charge in [-0.3, -0.25) is 4.68 Å². The number of fused-ring (bicyclic) bond motifs is 1. The second-order valence-corrected chi connectivity index (χ2v) is 3.20. The summed E-state index contributed by atoms with van der Waals surface area (Å²) in [6.07, 6.45) is 1.89. The number of aromatic nitrogens is 2. The first-order valence-electron chi connectivity index (χ1n) is 3.80. The van der Waals surface area contributed by atoms with Gasteiger partial charge in [-0.1, -0.05) is 13.8 Å². The van der Waals surface area contributed by atoms with Crippen LogP contribution in [-0.4, -0.2) is 9.78 Å². The molecule has 54 valence electrons. The van der Waals surface area contributed by atoms with Gasteiger partial charge in [0.15, 0.2) is 0 Å². The second kappa shape index (κ2) is 1.84. The molecule has 0 aliphatic carbocycles. The largest absolute Gasteiger partial charge is 0.269 e. The smallest absolute Gasteiger partial charge is 0.0492 e. The predicted molar refractivity (Wildman–Crippen MR) is 39.8 cm³/mol. The molecule has 0 amide bonds. The molecule has 2 rings (SSSR count). The van der Waals surface area contributed by atoms with E-state index < -0.39 is 0 Å². The molecule has 0 bridgehead atoms. The average Bonchev–Trinajstić information content (AvgIpc) is 2.41. The molecule has 0 N–H and O–H groups in total. The topological polar surface area (TPSA) is 17.8 Å². The van der Waals surface area contributed by atoms with Crippen LogP contribution in [0.25, 0.3) is 0 Å². The second-order valence-electron chi connectivity index (χ2n) is 3.20. The Labute approximate surface area is 60.9 Å². The summed E-state index contributed by atoms with van der Waals surface area (Å²) in [5, 5.41) is 4.21. The van der Waals surface area contributed by atoms with E-state index in [1.165, 1.54) is 5.69 Å². The molecule has 1 aliphatic rings. The number of rotatable bonds is 0. The summed E-state index contributed by atoms with van der Waals surface area (Å²) in [4.78, 5) is 0. The fourth-order valence-electron chi connectivity index (χ4n) is 1.60. The van der Waals surface area contributed by atoms with E-state index in [9.17, 15) is 0 Å². The van der Waals surface area contributed by atoms with Crippen LogP contribution in [0, 0.1) is 5.92 Å². The van der Waals surface area contributed by atoms with E-state index in [1.54, 1.807) is 0 Å². The molecule has 2 heteroatoms. The highest BCUT2D eigenvalue weighted by Crippen LogP contribution is 2.31. The van der Waals surface area contributed by atoms with Gasteiger partial charge in [-0.05, 0) is 12.0 Å². The van der Waals surface area contributed by atoms with Crippen molar-refractivity contribution >= 4 is 0 Å². The van der Waals surface area contributed by atoms with Gasteiger partial charge >= 0.3 is 0 Å². The Kier molecular flexibility index (Phi) is 1.10. The van der Waals surface area contributed by atoms with E-state index in [4.69, 9.17) is 0 Å². The Morgan fingerprint density at radius 3 is 3.10 bits per heavy atom. The zero-order chi connectivity index (χ0) is 7.14. The lowest BCUT2D eigenvalue weighted by Crippen LogP contribution is -2.00. The molecule has 0 saturated heterocycles. The van der Waals surface area contributed by atoms with E-state index in [0.29, 0.717) is 5.92 Å². The summed E-state index contributed by atoms with van der Waals surface area (Å²) in [5.74, 6) is 1.46. The van der Waals surface area contributed by atoms with Crippen LogP contribution in [-0.2, 0) is 6.54 Å². The highest BCUT2D eigenvalue weighted by atomic mass is 15.3. The van der Waals surface area contributed by atoms with Gasteiger partial charge in [0, 0.05) is 24.4 Å². The van der Waals surface area contributed by atoms with Crippen LogP contribution >= 0.6 is 0 Å². The van der Waals surface area contributed by atoms with Gasteiger partial charge in [0.2, 0.25) is 0 Å². The summed E-state index contributed by atoms with van der Waals surface area (Å²) >= 11 is 0. The molecular formula is C8H12N2. The van der Waals surface area contributed by atoms with Crippen LogP contribution in [0.1, 0.15) is 25.5 Å². The molecule has 1 aliphatic heterocycles. The minimum atomic E-state index is 0.697. The minimum Gasteiger partial charge on any atom is -0.269 e. The maximum Gasteiger partial charge on any atom is 0.0492 e. The Morgan fingerprint density at radius 1 is 1.60 bits per heavy atom. The van der Waals surface area contributed by atoms with Gasteiger partial charge in [0.1, 0.15) is 0 Å². The Hall–Kier alpha value is -0.790. The van der Waals surface area contributed by atoms with Crippen LogP contribution in [0.15, 0.2) is 12.3 Å². The Balaban J connectivity index is 2.43. The van der Waals surface area contributed by atoms with Crippen molar-refractivity contribution in [2.45, 2.75) is 26.3 Å². The predicted octanol–water partition coefficient (Wildman–Crippen LogP) is 1.64. The lowest BCUT2D eigenvalue weighted by atomic mass is 9.97. The van der Waals surface area contributed by atoms with Crippen molar-refractivity contribution in [1.82, 2.24) is 9.78 Å². The summed E-state index contributed by atoms with van der Waals surface area (Å²) in [7, 11) is 0. The van der Waals surface area contributed by atoms with Crippen LogP contribution in [0.2, 0.25) is 0 Å². The first kappa shape index (κ1) is 5.96. The van der Waals surface area contributed by atoms with Crippen LogP contribution < -0.4 is 0 Å². The maximum absolute atomic E-state index is 4.21. The van der Waals surface area contributed by atoms with Crippen molar-refractivity contribution in [3.05, 3.63) is 18.0 Å². The third-order valence-corrected chi connectivity index (χ3v) is 2.53.